The van der Waals surface area contributed by atoms with Crippen molar-refractivity contribution in [1.82, 2.24) is 19.8 Å². The fourth-order valence-electron chi connectivity index (χ4n) is 3.16. The minimum atomic E-state index is -0.680. The lowest BCUT2D eigenvalue weighted by Crippen LogP contribution is -2.58. The smallest absolute Gasteiger partial charge is 0.237 e. The molecule has 0 bridgehead atoms. The zero-order chi connectivity index (χ0) is 15.6. The highest BCUT2D eigenvalue weighted by Gasteiger charge is 2.35. The van der Waals surface area contributed by atoms with Gasteiger partial charge in [-0.15, -0.1) is 0 Å². The number of hydrogen-bond donors (Lipinski definition) is 2. The van der Waals surface area contributed by atoms with Gasteiger partial charge in [0, 0.05) is 37.6 Å². The maximum atomic E-state index is 11.9. The van der Waals surface area contributed by atoms with Crippen LogP contribution in [-0.2, 0) is 17.9 Å². The molecule has 21 heavy (non-hydrogen) atoms. The molecule has 2 atom stereocenters. The molecule has 1 amide bonds. The Labute approximate surface area is 126 Å². The zero-order valence-corrected chi connectivity index (χ0v) is 13.5. The molecule has 6 nitrogen and oxygen atoms in total. The van der Waals surface area contributed by atoms with Gasteiger partial charge in [0.15, 0.2) is 0 Å². The monoisotopic (exact) mass is 293 g/mol. The molecule has 1 aromatic heterocycles. The number of aromatic nitrogens is 2. The highest BCUT2D eigenvalue weighted by Crippen LogP contribution is 2.21. The van der Waals surface area contributed by atoms with Gasteiger partial charge < -0.3 is 15.6 Å². The number of carbonyl (C=O) groups is 1. The van der Waals surface area contributed by atoms with Crippen molar-refractivity contribution in [3.63, 3.8) is 0 Å². The van der Waals surface area contributed by atoms with Crippen LogP contribution < -0.4 is 11.1 Å². The predicted octanol–water partition coefficient (Wildman–Crippen LogP) is 0.719. The van der Waals surface area contributed by atoms with E-state index in [0.717, 1.165) is 25.5 Å². The Kier molecular flexibility index (Phi) is 4.68. The number of amides is 1. The SMILES string of the molecule is CC(C)NC(C)(CC(C)N1CCn2ccnc2C1)C(N)=O. The van der Waals surface area contributed by atoms with Crippen LogP contribution in [0.25, 0.3) is 0 Å². The van der Waals surface area contributed by atoms with Crippen molar-refractivity contribution in [1.29, 1.82) is 0 Å². The fourth-order valence-corrected chi connectivity index (χ4v) is 3.16. The van der Waals surface area contributed by atoms with Gasteiger partial charge in [-0.3, -0.25) is 9.69 Å². The van der Waals surface area contributed by atoms with Gasteiger partial charge in [0.2, 0.25) is 5.91 Å². The molecule has 6 heteroatoms. The minimum absolute atomic E-state index is 0.218. The van der Waals surface area contributed by atoms with E-state index in [1.54, 1.807) is 0 Å². The largest absolute Gasteiger partial charge is 0.368 e. The van der Waals surface area contributed by atoms with E-state index in [9.17, 15) is 4.79 Å². The zero-order valence-electron chi connectivity index (χ0n) is 13.5. The van der Waals surface area contributed by atoms with Gasteiger partial charge in [-0.2, -0.15) is 0 Å². The molecule has 2 unspecified atom stereocenters. The molecule has 1 aliphatic rings. The molecular formula is C15H27N5O. The molecule has 0 radical (unpaired) electrons. The first-order valence-electron chi connectivity index (χ1n) is 7.63. The summed E-state index contributed by atoms with van der Waals surface area (Å²) in [6.45, 7) is 10.9. The van der Waals surface area contributed by atoms with Crippen molar-refractivity contribution in [2.24, 2.45) is 5.73 Å². The van der Waals surface area contributed by atoms with Gasteiger partial charge in [0.1, 0.15) is 5.82 Å². The highest BCUT2D eigenvalue weighted by molar-refractivity contribution is 5.84. The van der Waals surface area contributed by atoms with E-state index in [2.05, 4.69) is 26.7 Å². The first kappa shape index (κ1) is 16.0. The third-order valence-corrected chi connectivity index (χ3v) is 4.25. The average Bonchev–Trinajstić information content (AvgIpc) is 2.84. The number of nitrogens with zero attached hydrogens (tertiary/aromatic N) is 3. The second-order valence-corrected chi connectivity index (χ2v) is 6.56. The molecule has 1 aliphatic heterocycles. The first-order chi connectivity index (χ1) is 9.82. The van der Waals surface area contributed by atoms with E-state index in [1.807, 2.05) is 33.2 Å². The van der Waals surface area contributed by atoms with Crippen molar-refractivity contribution >= 4 is 5.91 Å². The Bertz CT molecular complexity index is 498. The van der Waals surface area contributed by atoms with Crippen molar-refractivity contribution in [2.45, 2.75) is 64.8 Å². The summed E-state index contributed by atoms with van der Waals surface area (Å²) >= 11 is 0. The lowest BCUT2D eigenvalue weighted by molar-refractivity contribution is -0.125. The number of fused-ring (bicyclic) bond motifs is 1. The molecule has 0 aromatic carbocycles. The standard InChI is InChI=1S/C15H27N5O/c1-11(2)18-15(4,14(16)21)9-12(3)20-8-7-19-6-5-17-13(19)10-20/h5-6,11-12,18H,7-10H2,1-4H3,(H2,16,21). The average molecular weight is 293 g/mol. The van der Waals surface area contributed by atoms with E-state index < -0.39 is 5.54 Å². The summed E-state index contributed by atoms with van der Waals surface area (Å²) in [5.74, 6) is 0.798. The topological polar surface area (TPSA) is 76.2 Å². The van der Waals surface area contributed by atoms with Crippen LogP contribution in [0.15, 0.2) is 12.4 Å². The van der Waals surface area contributed by atoms with Crippen molar-refractivity contribution in [3.8, 4) is 0 Å². The maximum absolute atomic E-state index is 11.9. The molecule has 0 saturated heterocycles. The molecule has 3 N–H and O–H groups in total. The summed E-state index contributed by atoms with van der Waals surface area (Å²) in [7, 11) is 0. The van der Waals surface area contributed by atoms with Crippen LogP contribution in [0.3, 0.4) is 0 Å². The van der Waals surface area contributed by atoms with Gasteiger partial charge in [-0.1, -0.05) is 0 Å². The van der Waals surface area contributed by atoms with Gasteiger partial charge >= 0.3 is 0 Å². The molecule has 0 saturated carbocycles. The third kappa shape index (κ3) is 3.63. The van der Waals surface area contributed by atoms with Gasteiger partial charge in [-0.25, -0.2) is 4.98 Å². The molecule has 2 rings (SSSR count). The lowest BCUT2D eigenvalue weighted by Gasteiger charge is -2.38. The van der Waals surface area contributed by atoms with E-state index in [4.69, 9.17) is 5.73 Å². The van der Waals surface area contributed by atoms with Crippen molar-refractivity contribution < 1.29 is 4.79 Å². The Hall–Kier alpha value is -1.40. The van der Waals surface area contributed by atoms with Crippen LogP contribution in [0.5, 0.6) is 0 Å². The van der Waals surface area contributed by atoms with Gasteiger partial charge in [0.25, 0.3) is 0 Å². The van der Waals surface area contributed by atoms with Crippen LogP contribution in [0.1, 0.15) is 39.9 Å². The number of nitrogens with two attached hydrogens (primary N) is 1. The second kappa shape index (κ2) is 6.15. The van der Waals surface area contributed by atoms with E-state index in [0.29, 0.717) is 6.42 Å². The quantitative estimate of drug-likeness (QED) is 0.810. The second-order valence-electron chi connectivity index (χ2n) is 6.56. The molecule has 1 aromatic rings. The Balaban J connectivity index is 2.03. The fraction of sp³-hybridized carbons (Fsp3) is 0.733. The van der Waals surface area contributed by atoms with E-state index >= 15 is 0 Å². The molecule has 0 spiro atoms. The van der Waals surface area contributed by atoms with Crippen LogP contribution >= 0.6 is 0 Å². The number of hydrogen-bond acceptors (Lipinski definition) is 4. The van der Waals surface area contributed by atoms with Crippen molar-refractivity contribution in [3.05, 3.63) is 18.2 Å². The highest BCUT2D eigenvalue weighted by atomic mass is 16.1. The van der Waals surface area contributed by atoms with Gasteiger partial charge in [0.05, 0.1) is 12.1 Å². The van der Waals surface area contributed by atoms with E-state index in [-0.39, 0.29) is 18.0 Å². The molecule has 118 valence electrons. The summed E-state index contributed by atoms with van der Waals surface area (Å²) in [5, 5.41) is 3.32. The Morgan fingerprint density at radius 2 is 2.19 bits per heavy atom. The number of rotatable bonds is 6. The first-order valence-corrected chi connectivity index (χ1v) is 7.63. The normalized spacial score (nSPS) is 20.0. The number of carbonyl (C=O) groups excluding carboxylic acids is 1. The summed E-state index contributed by atoms with van der Waals surface area (Å²) in [6, 6.07) is 0.481. The number of imidazole rings is 1. The van der Waals surface area contributed by atoms with Crippen LogP contribution in [0.4, 0.5) is 0 Å². The summed E-state index contributed by atoms with van der Waals surface area (Å²) in [4.78, 5) is 18.6. The van der Waals surface area contributed by atoms with E-state index in [1.165, 1.54) is 0 Å². The summed E-state index contributed by atoms with van der Waals surface area (Å²) in [6.07, 6.45) is 4.56. The predicted molar refractivity (Wildman–Crippen MR) is 82.6 cm³/mol. The molecule has 2 heterocycles. The molecular weight excluding hydrogens is 266 g/mol. The lowest BCUT2D eigenvalue weighted by atomic mass is 9.91. The molecule has 0 aliphatic carbocycles. The Morgan fingerprint density at radius 3 is 2.81 bits per heavy atom. The maximum Gasteiger partial charge on any atom is 0.237 e. The third-order valence-electron chi connectivity index (χ3n) is 4.25. The molecule has 0 fully saturated rings. The van der Waals surface area contributed by atoms with Crippen LogP contribution in [0.2, 0.25) is 0 Å². The van der Waals surface area contributed by atoms with Crippen LogP contribution in [0, 0.1) is 0 Å². The Morgan fingerprint density at radius 1 is 1.48 bits per heavy atom. The number of nitrogens with one attached hydrogen (secondary N) is 1. The summed E-state index contributed by atoms with van der Waals surface area (Å²) in [5.41, 5.74) is 4.94. The minimum Gasteiger partial charge on any atom is -0.368 e. The summed E-state index contributed by atoms with van der Waals surface area (Å²) < 4.78 is 2.18. The van der Waals surface area contributed by atoms with Crippen LogP contribution in [-0.4, -0.2) is 44.5 Å². The van der Waals surface area contributed by atoms with Gasteiger partial charge in [-0.05, 0) is 34.1 Å². The number of primary amides is 1. The van der Waals surface area contributed by atoms with Crippen molar-refractivity contribution in [2.75, 3.05) is 6.54 Å².